The Labute approximate surface area is 96.3 Å². The molecule has 2 atom stereocenters. The summed E-state index contributed by atoms with van der Waals surface area (Å²) in [5, 5.41) is 0. The molecule has 0 saturated carbocycles. The molecule has 0 radical (unpaired) electrons. The minimum Gasteiger partial charge on any atom is -0.490 e. The van der Waals surface area contributed by atoms with Gasteiger partial charge in [0.2, 0.25) is 0 Å². The Hall–Kier alpha value is -1.06. The summed E-state index contributed by atoms with van der Waals surface area (Å²) in [7, 11) is 0. The Bertz CT molecular complexity index is 338. The van der Waals surface area contributed by atoms with E-state index < -0.39 is 0 Å². The van der Waals surface area contributed by atoms with E-state index in [0.29, 0.717) is 19.8 Å². The SMILES string of the molecule is CCO[C@@H]1c2ccccc2OC[C@H]1OCC. The summed E-state index contributed by atoms with van der Waals surface area (Å²) in [6.07, 6.45) is -0.00486. The molecule has 1 aromatic carbocycles. The summed E-state index contributed by atoms with van der Waals surface area (Å²) < 4.78 is 17.1. The monoisotopic (exact) mass is 222 g/mol. The highest BCUT2D eigenvalue weighted by atomic mass is 16.6. The molecule has 3 heteroatoms. The Balaban J connectivity index is 2.24. The number of rotatable bonds is 4. The van der Waals surface area contributed by atoms with Crippen LogP contribution in [0.2, 0.25) is 0 Å². The van der Waals surface area contributed by atoms with Gasteiger partial charge in [-0.1, -0.05) is 18.2 Å². The van der Waals surface area contributed by atoms with Gasteiger partial charge in [0.1, 0.15) is 24.6 Å². The van der Waals surface area contributed by atoms with E-state index in [1.807, 2.05) is 38.1 Å². The van der Waals surface area contributed by atoms with Crippen molar-refractivity contribution in [3.05, 3.63) is 29.8 Å². The Kier molecular flexibility index (Phi) is 3.80. The van der Waals surface area contributed by atoms with Crippen LogP contribution in [0.1, 0.15) is 25.5 Å². The zero-order valence-electron chi connectivity index (χ0n) is 9.81. The second-order valence-corrected chi connectivity index (χ2v) is 3.72. The third-order valence-corrected chi connectivity index (χ3v) is 2.69. The van der Waals surface area contributed by atoms with E-state index in [9.17, 15) is 0 Å². The van der Waals surface area contributed by atoms with Crippen LogP contribution in [-0.4, -0.2) is 25.9 Å². The van der Waals surface area contributed by atoms with Crippen molar-refractivity contribution in [3.8, 4) is 5.75 Å². The second kappa shape index (κ2) is 5.32. The fraction of sp³-hybridized carbons (Fsp3) is 0.538. The highest BCUT2D eigenvalue weighted by Crippen LogP contribution is 2.35. The van der Waals surface area contributed by atoms with Crippen LogP contribution in [0.4, 0.5) is 0 Å². The lowest BCUT2D eigenvalue weighted by Crippen LogP contribution is -2.34. The first kappa shape index (κ1) is 11.4. The Morgan fingerprint density at radius 1 is 1.19 bits per heavy atom. The molecule has 0 aliphatic carbocycles. The van der Waals surface area contributed by atoms with Gasteiger partial charge in [0.05, 0.1) is 0 Å². The minimum atomic E-state index is -0.00472. The summed E-state index contributed by atoms with van der Waals surface area (Å²) in [4.78, 5) is 0. The first-order valence-corrected chi connectivity index (χ1v) is 5.81. The molecule has 0 spiro atoms. The van der Waals surface area contributed by atoms with Crippen LogP contribution < -0.4 is 4.74 Å². The topological polar surface area (TPSA) is 27.7 Å². The number of hydrogen-bond acceptors (Lipinski definition) is 3. The number of benzene rings is 1. The van der Waals surface area contributed by atoms with Gasteiger partial charge in [0.15, 0.2) is 0 Å². The van der Waals surface area contributed by atoms with Gasteiger partial charge in [-0.2, -0.15) is 0 Å². The molecular formula is C13H18O3. The lowest BCUT2D eigenvalue weighted by atomic mass is 10.0. The molecule has 16 heavy (non-hydrogen) atoms. The summed E-state index contributed by atoms with van der Waals surface area (Å²) in [5.74, 6) is 0.914. The average Bonchev–Trinajstić information content (AvgIpc) is 2.32. The van der Waals surface area contributed by atoms with Crippen molar-refractivity contribution in [1.29, 1.82) is 0 Å². The van der Waals surface area contributed by atoms with Crippen molar-refractivity contribution in [1.82, 2.24) is 0 Å². The van der Waals surface area contributed by atoms with Crippen LogP contribution in [0.15, 0.2) is 24.3 Å². The van der Waals surface area contributed by atoms with E-state index in [2.05, 4.69) is 0 Å². The first-order chi connectivity index (χ1) is 7.86. The molecule has 3 nitrogen and oxygen atoms in total. The predicted molar refractivity (Wildman–Crippen MR) is 61.7 cm³/mol. The fourth-order valence-electron chi connectivity index (χ4n) is 2.03. The molecule has 0 amide bonds. The lowest BCUT2D eigenvalue weighted by molar-refractivity contribution is -0.0965. The van der Waals surface area contributed by atoms with Crippen LogP contribution in [0.5, 0.6) is 5.75 Å². The highest BCUT2D eigenvalue weighted by Gasteiger charge is 2.31. The maximum Gasteiger partial charge on any atom is 0.125 e. The van der Waals surface area contributed by atoms with Crippen LogP contribution in [-0.2, 0) is 9.47 Å². The maximum atomic E-state index is 5.77. The van der Waals surface area contributed by atoms with E-state index in [-0.39, 0.29) is 12.2 Å². The van der Waals surface area contributed by atoms with Gasteiger partial charge >= 0.3 is 0 Å². The van der Waals surface area contributed by atoms with Gasteiger partial charge in [-0.3, -0.25) is 0 Å². The van der Waals surface area contributed by atoms with Crippen LogP contribution in [0.25, 0.3) is 0 Å². The lowest BCUT2D eigenvalue weighted by Gasteiger charge is -2.32. The van der Waals surface area contributed by atoms with Gasteiger partial charge < -0.3 is 14.2 Å². The first-order valence-electron chi connectivity index (χ1n) is 5.81. The zero-order valence-corrected chi connectivity index (χ0v) is 9.81. The van der Waals surface area contributed by atoms with Crippen LogP contribution in [0.3, 0.4) is 0 Å². The fourth-order valence-corrected chi connectivity index (χ4v) is 2.03. The van der Waals surface area contributed by atoms with Crippen molar-refractivity contribution < 1.29 is 14.2 Å². The third kappa shape index (κ3) is 2.20. The largest absolute Gasteiger partial charge is 0.490 e. The van der Waals surface area contributed by atoms with Crippen LogP contribution in [0, 0.1) is 0 Å². The summed E-state index contributed by atoms with van der Waals surface area (Å²) in [5.41, 5.74) is 1.09. The predicted octanol–water partition coefficient (Wildman–Crippen LogP) is 2.56. The van der Waals surface area contributed by atoms with Crippen molar-refractivity contribution in [2.45, 2.75) is 26.1 Å². The van der Waals surface area contributed by atoms with E-state index >= 15 is 0 Å². The average molecular weight is 222 g/mol. The molecule has 0 aromatic heterocycles. The van der Waals surface area contributed by atoms with Crippen LogP contribution >= 0.6 is 0 Å². The van der Waals surface area contributed by atoms with E-state index in [1.54, 1.807) is 0 Å². The molecule has 2 rings (SSSR count). The number of hydrogen-bond donors (Lipinski definition) is 0. The van der Waals surface area contributed by atoms with Crippen molar-refractivity contribution in [2.24, 2.45) is 0 Å². The number of para-hydroxylation sites is 1. The normalized spacial score (nSPS) is 23.6. The van der Waals surface area contributed by atoms with Gasteiger partial charge in [-0.15, -0.1) is 0 Å². The standard InChI is InChI=1S/C13H18O3/c1-3-14-12-9-16-11-8-6-5-7-10(11)13(12)15-4-2/h5-8,12-13H,3-4,9H2,1-2H3/t12-,13-/m1/s1. The smallest absolute Gasteiger partial charge is 0.125 e. The molecule has 88 valence electrons. The molecule has 1 aliphatic heterocycles. The minimum absolute atomic E-state index is 0.000139. The Morgan fingerprint density at radius 2 is 1.94 bits per heavy atom. The molecular weight excluding hydrogens is 204 g/mol. The molecule has 1 aromatic rings. The highest BCUT2D eigenvalue weighted by molar-refractivity contribution is 5.37. The summed E-state index contributed by atoms with van der Waals surface area (Å²) >= 11 is 0. The maximum absolute atomic E-state index is 5.77. The zero-order chi connectivity index (χ0) is 11.4. The molecule has 0 bridgehead atoms. The summed E-state index contributed by atoms with van der Waals surface area (Å²) in [6, 6.07) is 8.00. The van der Waals surface area contributed by atoms with Gasteiger partial charge in [0, 0.05) is 18.8 Å². The number of fused-ring (bicyclic) bond motifs is 1. The third-order valence-electron chi connectivity index (χ3n) is 2.69. The molecule has 0 fully saturated rings. The molecule has 1 aliphatic rings. The van der Waals surface area contributed by atoms with E-state index in [1.165, 1.54) is 0 Å². The quantitative estimate of drug-likeness (QED) is 0.783. The number of ether oxygens (including phenoxy) is 3. The van der Waals surface area contributed by atoms with Crippen molar-refractivity contribution >= 4 is 0 Å². The molecule has 0 N–H and O–H groups in total. The van der Waals surface area contributed by atoms with Crippen molar-refractivity contribution in [2.75, 3.05) is 19.8 Å². The molecule has 0 saturated heterocycles. The van der Waals surface area contributed by atoms with Gasteiger partial charge in [0.25, 0.3) is 0 Å². The summed E-state index contributed by atoms with van der Waals surface area (Å²) in [6.45, 7) is 5.92. The van der Waals surface area contributed by atoms with Gasteiger partial charge in [-0.25, -0.2) is 0 Å². The van der Waals surface area contributed by atoms with Crippen molar-refractivity contribution in [3.63, 3.8) is 0 Å². The van der Waals surface area contributed by atoms with E-state index in [0.717, 1.165) is 11.3 Å². The Morgan fingerprint density at radius 3 is 2.69 bits per heavy atom. The van der Waals surface area contributed by atoms with E-state index in [4.69, 9.17) is 14.2 Å². The van der Waals surface area contributed by atoms with Gasteiger partial charge in [-0.05, 0) is 19.9 Å². The molecule has 0 unspecified atom stereocenters. The molecule has 1 heterocycles. The second-order valence-electron chi connectivity index (χ2n) is 3.72.